The van der Waals surface area contributed by atoms with E-state index in [1.54, 1.807) is 7.11 Å². The maximum Gasteiger partial charge on any atom is 0.119 e. The van der Waals surface area contributed by atoms with Crippen molar-refractivity contribution >= 4 is 0 Å². The van der Waals surface area contributed by atoms with Gasteiger partial charge in [-0.25, -0.2) is 0 Å². The number of ether oxygens (including phenoxy) is 1. The zero-order valence-corrected chi connectivity index (χ0v) is 13.1. The van der Waals surface area contributed by atoms with E-state index in [0.29, 0.717) is 5.54 Å². The zero-order valence-electron chi connectivity index (χ0n) is 13.1. The van der Waals surface area contributed by atoms with E-state index in [2.05, 4.69) is 42.4 Å². The summed E-state index contributed by atoms with van der Waals surface area (Å²) >= 11 is 0. The minimum absolute atomic E-state index is 0.336. The van der Waals surface area contributed by atoms with Crippen molar-refractivity contribution in [1.82, 2.24) is 10.2 Å². The fraction of sp³-hybridized carbons (Fsp3) is 0.647. The minimum Gasteiger partial charge on any atom is -0.497 e. The molecule has 3 heteroatoms. The van der Waals surface area contributed by atoms with Crippen LogP contribution in [0.25, 0.3) is 0 Å². The van der Waals surface area contributed by atoms with Gasteiger partial charge in [0, 0.05) is 18.6 Å². The molecule has 2 rings (SSSR count). The SMILES string of the molecule is CCCC1(CN(C)Cc2cccc(OC)c2)CCCN1. The largest absolute Gasteiger partial charge is 0.497 e. The van der Waals surface area contributed by atoms with E-state index in [-0.39, 0.29) is 0 Å². The van der Waals surface area contributed by atoms with Crippen molar-refractivity contribution in [1.29, 1.82) is 0 Å². The van der Waals surface area contributed by atoms with Gasteiger partial charge in [-0.3, -0.25) is 0 Å². The monoisotopic (exact) mass is 276 g/mol. The normalized spacial score (nSPS) is 22.4. The lowest BCUT2D eigenvalue weighted by atomic mass is 9.91. The predicted molar refractivity (Wildman–Crippen MR) is 84.2 cm³/mol. The molecule has 0 aliphatic carbocycles. The van der Waals surface area contributed by atoms with Gasteiger partial charge in [0.2, 0.25) is 0 Å². The standard InChI is InChI=1S/C17H28N2O/c1-4-9-17(10-6-11-18-17)14-19(2)13-15-7-5-8-16(12-15)20-3/h5,7-8,12,18H,4,6,9-11,13-14H2,1-3H3. The lowest BCUT2D eigenvalue weighted by Gasteiger charge is -2.34. The van der Waals surface area contributed by atoms with Gasteiger partial charge in [-0.05, 0) is 50.6 Å². The third-order valence-corrected chi connectivity index (χ3v) is 4.22. The number of likely N-dealkylation sites (N-methyl/N-ethyl adjacent to an activating group) is 1. The van der Waals surface area contributed by atoms with Gasteiger partial charge in [0.15, 0.2) is 0 Å². The second-order valence-electron chi connectivity index (χ2n) is 6.08. The zero-order chi connectivity index (χ0) is 14.4. The van der Waals surface area contributed by atoms with Crippen LogP contribution in [0.15, 0.2) is 24.3 Å². The molecule has 1 unspecified atom stereocenters. The maximum absolute atomic E-state index is 5.30. The molecule has 3 nitrogen and oxygen atoms in total. The molecule has 1 aliphatic rings. The van der Waals surface area contributed by atoms with Crippen molar-refractivity contribution in [2.24, 2.45) is 0 Å². The van der Waals surface area contributed by atoms with Crippen molar-refractivity contribution in [3.8, 4) is 5.75 Å². The molecule has 0 amide bonds. The molecule has 1 fully saturated rings. The van der Waals surface area contributed by atoms with Gasteiger partial charge < -0.3 is 15.0 Å². The van der Waals surface area contributed by atoms with E-state index >= 15 is 0 Å². The molecule has 0 spiro atoms. The molecule has 112 valence electrons. The van der Waals surface area contributed by atoms with Crippen LogP contribution in [0.4, 0.5) is 0 Å². The molecule has 1 N–H and O–H groups in total. The first-order valence-electron chi connectivity index (χ1n) is 7.74. The first-order chi connectivity index (χ1) is 9.67. The van der Waals surface area contributed by atoms with Crippen LogP contribution in [0.2, 0.25) is 0 Å². The molecule has 0 aromatic heterocycles. The summed E-state index contributed by atoms with van der Waals surface area (Å²) in [6, 6.07) is 8.37. The van der Waals surface area contributed by atoms with Crippen LogP contribution < -0.4 is 10.1 Å². The van der Waals surface area contributed by atoms with E-state index in [4.69, 9.17) is 4.74 Å². The van der Waals surface area contributed by atoms with Crippen LogP contribution in [0.1, 0.15) is 38.2 Å². The van der Waals surface area contributed by atoms with Gasteiger partial charge in [-0.2, -0.15) is 0 Å². The maximum atomic E-state index is 5.30. The molecule has 1 aromatic carbocycles. The summed E-state index contributed by atoms with van der Waals surface area (Å²) in [5.41, 5.74) is 1.65. The summed E-state index contributed by atoms with van der Waals surface area (Å²) in [4.78, 5) is 2.43. The van der Waals surface area contributed by atoms with Crippen molar-refractivity contribution in [3.63, 3.8) is 0 Å². The molecular formula is C17H28N2O. The highest BCUT2D eigenvalue weighted by atomic mass is 16.5. The van der Waals surface area contributed by atoms with Crippen LogP contribution >= 0.6 is 0 Å². The Kier molecular flexibility index (Phi) is 5.44. The van der Waals surface area contributed by atoms with E-state index in [1.165, 1.54) is 37.8 Å². The fourth-order valence-corrected chi connectivity index (χ4v) is 3.43. The van der Waals surface area contributed by atoms with Crippen LogP contribution in [-0.2, 0) is 6.54 Å². The van der Waals surface area contributed by atoms with Crippen LogP contribution in [0.5, 0.6) is 5.75 Å². The summed E-state index contributed by atoms with van der Waals surface area (Å²) in [7, 11) is 3.94. The van der Waals surface area contributed by atoms with E-state index in [0.717, 1.165) is 18.8 Å². The van der Waals surface area contributed by atoms with Crippen LogP contribution in [0, 0.1) is 0 Å². The molecular weight excluding hydrogens is 248 g/mol. The summed E-state index contributed by atoms with van der Waals surface area (Å²) in [5, 5.41) is 3.74. The number of nitrogens with zero attached hydrogens (tertiary/aromatic N) is 1. The van der Waals surface area contributed by atoms with Gasteiger partial charge in [0.05, 0.1) is 7.11 Å². The summed E-state index contributed by atoms with van der Waals surface area (Å²) in [6.45, 7) is 5.55. The Balaban J connectivity index is 1.95. The Morgan fingerprint density at radius 3 is 2.90 bits per heavy atom. The average Bonchev–Trinajstić information content (AvgIpc) is 2.87. The first-order valence-corrected chi connectivity index (χ1v) is 7.74. The third kappa shape index (κ3) is 3.97. The summed E-state index contributed by atoms with van der Waals surface area (Å²) in [5.74, 6) is 0.943. The summed E-state index contributed by atoms with van der Waals surface area (Å²) in [6.07, 6.45) is 5.14. The number of rotatable bonds is 7. The molecule has 0 bridgehead atoms. The predicted octanol–water partition coefficient (Wildman–Crippen LogP) is 3.05. The number of hydrogen-bond donors (Lipinski definition) is 1. The quantitative estimate of drug-likeness (QED) is 0.828. The Bertz CT molecular complexity index is 413. The van der Waals surface area contributed by atoms with Gasteiger partial charge in [0.25, 0.3) is 0 Å². The van der Waals surface area contributed by atoms with Gasteiger partial charge in [0.1, 0.15) is 5.75 Å². The molecule has 0 radical (unpaired) electrons. The first kappa shape index (κ1) is 15.3. The third-order valence-electron chi connectivity index (χ3n) is 4.22. The fourth-order valence-electron chi connectivity index (χ4n) is 3.43. The highest BCUT2D eigenvalue weighted by Crippen LogP contribution is 2.26. The molecule has 1 aliphatic heterocycles. The lowest BCUT2D eigenvalue weighted by Crippen LogP contribution is -2.48. The minimum atomic E-state index is 0.336. The van der Waals surface area contributed by atoms with Gasteiger partial charge >= 0.3 is 0 Å². The number of methoxy groups -OCH3 is 1. The van der Waals surface area contributed by atoms with Crippen molar-refractivity contribution < 1.29 is 4.74 Å². The van der Waals surface area contributed by atoms with Gasteiger partial charge in [-0.15, -0.1) is 0 Å². The van der Waals surface area contributed by atoms with Crippen molar-refractivity contribution in [3.05, 3.63) is 29.8 Å². The lowest BCUT2D eigenvalue weighted by molar-refractivity contribution is 0.207. The van der Waals surface area contributed by atoms with Crippen LogP contribution in [0.3, 0.4) is 0 Å². The molecule has 1 aromatic rings. The number of nitrogens with one attached hydrogen (secondary N) is 1. The second-order valence-corrected chi connectivity index (χ2v) is 6.08. The molecule has 1 heterocycles. The second kappa shape index (κ2) is 7.09. The molecule has 20 heavy (non-hydrogen) atoms. The number of benzene rings is 1. The highest BCUT2D eigenvalue weighted by molar-refractivity contribution is 5.28. The van der Waals surface area contributed by atoms with E-state index < -0.39 is 0 Å². The van der Waals surface area contributed by atoms with E-state index in [1.807, 2.05) is 6.07 Å². The Labute approximate surface area is 123 Å². The Hall–Kier alpha value is -1.06. The average molecular weight is 276 g/mol. The smallest absolute Gasteiger partial charge is 0.119 e. The van der Waals surface area contributed by atoms with Crippen molar-refractivity contribution in [2.75, 3.05) is 27.2 Å². The van der Waals surface area contributed by atoms with Gasteiger partial charge in [-0.1, -0.05) is 25.5 Å². The van der Waals surface area contributed by atoms with Crippen LogP contribution in [-0.4, -0.2) is 37.7 Å². The molecule has 0 saturated carbocycles. The van der Waals surface area contributed by atoms with E-state index in [9.17, 15) is 0 Å². The van der Waals surface area contributed by atoms with Crippen molar-refractivity contribution in [2.45, 2.75) is 44.7 Å². The summed E-state index contributed by atoms with van der Waals surface area (Å²) < 4.78 is 5.30. The highest BCUT2D eigenvalue weighted by Gasteiger charge is 2.33. The molecule has 1 atom stereocenters. The Morgan fingerprint density at radius 1 is 1.40 bits per heavy atom. The number of hydrogen-bond acceptors (Lipinski definition) is 3. The topological polar surface area (TPSA) is 24.5 Å². The Morgan fingerprint density at radius 2 is 2.25 bits per heavy atom. The molecule has 1 saturated heterocycles.